The van der Waals surface area contributed by atoms with Crippen LogP contribution in [0.3, 0.4) is 0 Å². The summed E-state index contributed by atoms with van der Waals surface area (Å²) < 4.78 is 0. The molecule has 5 aromatic rings. The van der Waals surface area contributed by atoms with E-state index in [9.17, 15) is 0 Å². The first-order chi connectivity index (χ1) is 20.1. The molecule has 206 valence electrons. The summed E-state index contributed by atoms with van der Waals surface area (Å²) in [5, 5.41) is 0. The van der Waals surface area contributed by atoms with Crippen molar-refractivity contribution in [2.45, 2.75) is 59.3 Å². The van der Waals surface area contributed by atoms with Crippen molar-refractivity contribution in [3.05, 3.63) is 136 Å². The van der Waals surface area contributed by atoms with Gasteiger partial charge in [-0.05, 0) is 114 Å². The molecule has 0 bridgehead atoms. The Balaban J connectivity index is 1.41. The van der Waals surface area contributed by atoms with E-state index in [-0.39, 0.29) is 10.8 Å². The SMILES string of the molecule is CC#Cc1ccc(N(c2ccc3c(c2)C(C)(C)c2cc(C)ccc2-3)c2ccc3c(c2)C(C)(C)c2cc(C)ccc2-3)cc1. The number of anilines is 3. The standard InChI is InChI=1S/C41H37N/c1-8-9-28-12-14-29(15-13-28)42(30-16-20-34-32-18-10-26(2)22-36(32)40(4,5)38(34)24-30)31-17-21-35-33-19-11-27(3)23-37(33)41(6,7)39(35)25-31/h10-25H,1-7H3. The fourth-order valence-electron chi connectivity index (χ4n) is 7.24. The van der Waals surface area contributed by atoms with Gasteiger partial charge in [0, 0.05) is 33.5 Å². The van der Waals surface area contributed by atoms with E-state index in [4.69, 9.17) is 0 Å². The van der Waals surface area contributed by atoms with Crippen molar-refractivity contribution in [2.75, 3.05) is 4.90 Å². The zero-order chi connectivity index (χ0) is 29.4. The minimum Gasteiger partial charge on any atom is -0.310 e. The third kappa shape index (κ3) is 3.86. The van der Waals surface area contributed by atoms with E-state index in [1.807, 2.05) is 6.92 Å². The maximum Gasteiger partial charge on any atom is 0.0465 e. The van der Waals surface area contributed by atoms with Gasteiger partial charge in [0.15, 0.2) is 0 Å². The summed E-state index contributed by atoms with van der Waals surface area (Å²) in [6, 6.07) is 36.5. The molecular weight excluding hydrogens is 506 g/mol. The lowest BCUT2D eigenvalue weighted by atomic mass is 9.81. The van der Waals surface area contributed by atoms with E-state index >= 15 is 0 Å². The molecule has 42 heavy (non-hydrogen) atoms. The second-order valence-electron chi connectivity index (χ2n) is 13.1. The zero-order valence-electron chi connectivity index (χ0n) is 25.7. The van der Waals surface area contributed by atoms with E-state index in [1.165, 1.54) is 67.0 Å². The maximum atomic E-state index is 3.20. The molecular formula is C41H37N. The van der Waals surface area contributed by atoms with Crippen molar-refractivity contribution in [1.29, 1.82) is 0 Å². The second kappa shape index (κ2) is 9.23. The minimum absolute atomic E-state index is 0.0711. The summed E-state index contributed by atoms with van der Waals surface area (Å²) in [6.45, 7) is 15.7. The molecule has 0 N–H and O–H groups in total. The first-order valence-corrected chi connectivity index (χ1v) is 14.9. The van der Waals surface area contributed by atoms with E-state index < -0.39 is 0 Å². The molecule has 5 aromatic carbocycles. The van der Waals surface area contributed by atoms with Gasteiger partial charge in [-0.25, -0.2) is 0 Å². The second-order valence-corrected chi connectivity index (χ2v) is 13.1. The molecule has 0 radical (unpaired) electrons. The molecule has 0 fully saturated rings. The van der Waals surface area contributed by atoms with Gasteiger partial charge in [-0.1, -0.05) is 93.3 Å². The minimum atomic E-state index is -0.0711. The van der Waals surface area contributed by atoms with E-state index in [0.717, 1.165) is 11.3 Å². The van der Waals surface area contributed by atoms with Crippen molar-refractivity contribution < 1.29 is 0 Å². The fourth-order valence-corrected chi connectivity index (χ4v) is 7.24. The molecule has 7 rings (SSSR count). The summed E-state index contributed by atoms with van der Waals surface area (Å²) in [5.74, 6) is 6.24. The number of fused-ring (bicyclic) bond motifs is 6. The van der Waals surface area contributed by atoms with Crippen LogP contribution in [0.25, 0.3) is 22.3 Å². The highest BCUT2D eigenvalue weighted by atomic mass is 15.1. The average Bonchev–Trinajstić information content (AvgIpc) is 3.33. The van der Waals surface area contributed by atoms with Gasteiger partial charge < -0.3 is 4.90 Å². The number of hydrogen-bond acceptors (Lipinski definition) is 1. The molecule has 0 saturated heterocycles. The lowest BCUT2D eigenvalue weighted by molar-refractivity contribution is 0.659. The Morgan fingerprint density at radius 1 is 0.476 bits per heavy atom. The van der Waals surface area contributed by atoms with Crippen LogP contribution in [0.1, 0.15) is 73.6 Å². The van der Waals surface area contributed by atoms with Crippen LogP contribution in [0, 0.1) is 25.7 Å². The molecule has 0 aromatic heterocycles. The number of benzene rings is 5. The summed E-state index contributed by atoms with van der Waals surface area (Å²) >= 11 is 0. The van der Waals surface area contributed by atoms with E-state index in [1.54, 1.807) is 0 Å². The molecule has 2 aliphatic rings. The van der Waals surface area contributed by atoms with Gasteiger partial charge in [-0.15, -0.1) is 5.92 Å². The summed E-state index contributed by atoms with van der Waals surface area (Å²) in [5.41, 5.74) is 18.0. The first-order valence-electron chi connectivity index (χ1n) is 14.9. The summed E-state index contributed by atoms with van der Waals surface area (Å²) in [6.07, 6.45) is 0. The van der Waals surface area contributed by atoms with E-state index in [2.05, 4.69) is 155 Å². The van der Waals surface area contributed by atoms with Crippen molar-refractivity contribution in [1.82, 2.24) is 0 Å². The fraction of sp³-hybridized carbons (Fsp3) is 0.220. The third-order valence-corrected chi connectivity index (χ3v) is 9.54. The normalized spacial score (nSPS) is 14.7. The van der Waals surface area contributed by atoms with Gasteiger partial charge >= 0.3 is 0 Å². The Bertz CT molecular complexity index is 1840. The van der Waals surface area contributed by atoms with Gasteiger partial charge in [0.2, 0.25) is 0 Å². The molecule has 2 aliphatic carbocycles. The highest BCUT2D eigenvalue weighted by Gasteiger charge is 2.38. The van der Waals surface area contributed by atoms with Crippen molar-refractivity contribution in [3.63, 3.8) is 0 Å². The quantitative estimate of drug-likeness (QED) is 0.205. The Kier molecular flexibility index (Phi) is 5.80. The Morgan fingerprint density at radius 2 is 0.857 bits per heavy atom. The first kappa shape index (κ1) is 26.4. The van der Waals surface area contributed by atoms with Gasteiger partial charge in [-0.3, -0.25) is 0 Å². The van der Waals surface area contributed by atoms with Gasteiger partial charge in [-0.2, -0.15) is 0 Å². The third-order valence-electron chi connectivity index (χ3n) is 9.54. The van der Waals surface area contributed by atoms with Crippen molar-refractivity contribution in [2.24, 2.45) is 0 Å². The molecule has 0 unspecified atom stereocenters. The monoisotopic (exact) mass is 543 g/mol. The molecule has 0 heterocycles. The smallest absolute Gasteiger partial charge is 0.0465 e. The largest absolute Gasteiger partial charge is 0.310 e. The lowest BCUT2D eigenvalue weighted by Crippen LogP contribution is -2.18. The molecule has 0 atom stereocenters. The molecule has 0 spiro atoms. The van der Waals surface area contributed by atoms with Crippen LogP contribution in [0.5, 0.6) is 0 Å². The predicted octanol–water partition coefficient (Wildman–Crippen LogP) is 10.8. The van der Waals surface area contributed by atoms with Gasteiger partial charge in [0.1, 0.15) is 0 Å². The summed E-state index contributed by atoms with van der Waals surface area (Å²) in [7, 11) is 0. The Labute approximate surface area is 250 Å². The van der Waals surface area contributed by atoms with Crippen LogP contribution < -0.4 is 4.90 Å². The molecule has 1 nitrogen and oxygen atoms in total. The molecule has 0 aliphatic heterocycles. The van der Waals surface area contributed by atoms with Crippen LogP contribution in [0.2, 0.25) is 0 Å². The maximum absolute atomic E-state index is 3.20. The zero-order valence-corrected chi connectivity index (χ0v) is 25.7. The molecule has 0 saturated carbocycles. The van der Waals surface area contributed by atoms with Crippen molar-refractivity contribution in [3.8, 4) is 34.1 Å². The summed E-state index contributed by atoms with van der Waals surface area (Å²) in [4.78, 5) is 2.42. The number of nitrogens with zero attached hydrogens (tertiary/aromatic N) is 1. The van der Waals surface area contributed by atoms with E-state index in [0.29, 0.717) is 0 Å². The Morgan fingerprint density at radius 3 is 1.29 bits per heavy atom. The van der Waals surface area contributed by atoms with Crippen LogP contribution in [-0.4, -0.2) is 0 Å². The molecule has 0 amide bonds. The number of aryl methyl sites for hydroxylation is 2. The average molecular weight is 544 g/mol. The lowest BCUT2D eigenvalue weighted by Gasteiger charge is -2.29. The van der Waals surface area contributed by atoms with Crippen LogP contribution in [0.4, 0.5) is 17.1 Å². The van der Waals surface area contributed by atoms with Gasteiger partial charge in [0.25, 0.3) is 0 Å². The number of hydrogen-bond donors (Lipinski definition) is 0. The Hall–Kier alpha value is -4.54. The number of rotatable bonds is 3. The van der Waals surface area contributed by atoms with Crippen molar-refractivity contribution >= 4 is 17.1 Å². The highest BCUT2D eigenvalue weighted by Crippen LogP contribution is 2.53. The van der Waals surface area contributed by atoms with Crippen LogP contribution in [-0.2, 0) is 10.8 Å². The topological polar surface area (TPSA) is 3.24 Å². The predicted molar refractivity (Wildman–Crippen MR) is 178 cm³/mol. The highest BCUT2D eigenvalue weighted by molar-refractivity contribution is 5.88. The van der Waals surface area contributed by atoms with Crippen LogP contribution >= 0.6 is 0 Å². The van der Waals surface area contributed by atoms with Gasteiger partial charge in [0.05, 0.1) is 0 Å². The molecule has 1 heteroatoms. The van der Waals surface area contributed by atoms with Crippen LogP contribution in [0.15, 0.2) is 97.1 Å².